The van der Waals surface area contributed by atoms with Gasteiger partial charge in [-0.3, -0.25) is 9.78 Å². The summed E-state index contributed by atoms with van der Waals surface area (Å²) in [6, 6.07) is 16.4. The Morgan fingerprint density at radius 3 is 2.50 bits per heavy atom. The topological polar surface area (TPSA) is 89.9 Å². The van der Waals surface area contributed by atoms with Gasteiger partial charge in [-0.1, -0.05) is 23.7 Å². The molecule has 0 aliphatic heterocycles. The first-order valence-corrected chi connectivity index (χ1v) is 10.8. The van der Waals surface area contributed by atoms with Crippen molar-refractivity contribution in [1.82, 2.24) is 10.3 Å². The second-order valence-corrected chi connectivity index (χ2v) is 7.86. The van der Waals surface area contributed by atoms with Crippen molar-refractivity contribution in [2.45, 2.75) is 6.04 Å². The van der Waals surface area contributed by atoms with E-state index >= 15 is 0 Å². The van der Waals surface area contributed by atoms with Gasteiger partial charge in [-0.05, 0) is 54.1 Å². The fourth-order valence-corrected chi connectivity index (χ4v) is 4.05. The van der Waals surface area contributed by atoms with E-state index in [1.54, 1.807) is 74.0 Å². The number of carbonyl (C=O) groups excluding carboxylic acids is 1. The number of methoxy groups -OCH3 is 3. The van der Waals surface area contributed by atoms with E-state index in [1.807, 2.05) is 0 Å². The normalized spacial score (nSPS) is 11.6. The lowest BCUT2D eigenvalue weighted by Crippen LogP contribution is -2.29. The van der Waals surface area contributed by atoms with Crippen LogP contribution in [0.1, 0.15) is 27.5 Å². The summed E-state index contributed by atoms with van der Waals surface area (Å²) < 4.78 is 16.0. The Morgan fingerprint density at radius 2 is 1.76 bits per heavy atom. The van der Waals surface area contributed by atoms with E-state index in [-0.39, 0.29) is 11.7 Å². The van der Waals surface area contributed by atoms with E-state index in [2.05, 4.69) is 10.3 Å². The number of pyridine rings is 1. The minimum atomic E-state index is -0.776. The van der Waals surface area contributed by atoms with Crippen LogP contribution >= 0.6 is 11.6 Å². The van der Waals surface area contributed by atoms with Gasteiger partial charge in [0.2, 0.25) is 0 Å². The Morgan fingerprint density at radius 1 is 0.971 bits per heavy atom. The van der Waals surface area contributed by atoms with Gasteiger partial charge >= 0.3 is 0 Å². The molecule has 0 aliphatic rings. The predicted octanol–water partition coefficient (Wildman–Crippen LogP) is 5.14. The zero-order valence-electron chi connectivity index (χ0n) is 18.8. The van der Waals surface area contributed by atoms with E-state index in [9.17, 15) is 9.90 Å². The summed E-state index contributed by atoms with van der Waals surface area (Å²) >= 11 is 6.54. The number of phenols is 1. The Labute approximate surface area is 201 Å². The molecule has 8 heteroatoms. The van der Waals surface area contributed by atoms with Crippen molar-refractivity contribution in [3.8, 4) is 23.0 Å². The lowest BCUT2D eigenvalue weighted by atomic mass is 9.95. The molecule has 7 nitrogen and oxygen atoms in total. The molecule has 0 saturated heterocycles. The molecule has 2 N–H and O–H groups in total. The summed E-state index contributed by atoms with van der Waals surface area (Å²) in [6.07, 6.45) is 1.57. The van der Waals surface area contributed by atoms with Crippen molar-refractivity contribution in [2.75, 3.05) is 21.3 Å². The first-order chi connectivity index (χ1) is 16.5. The number of fused-ring (bicyclic) bond motifs is 1. The van der Waals surface area contributed by atoms with E-state index in [1.165, 1.54) is 14.2 Å². The molecule has 1 atom stereocenters. The van der Waals surface area contributed by atoms with Gasteiger partial charge in [-0.2, -0.15) is 0 Å². The number of phenolic OH excluding ortho intramolecular Hbond substituents is 1. The second kappa shape index (κ2) is 9.89. The van der Waals surface area contributed by atoms with Crippen molar-refractivity contribution in [3.05, 3.63) is 88.6 Å². The van der Waals surface area contributed by atoms with Crippen molar-refractivity contribution >= 4 is 28.4 Å². The number of rotatable bonds is 7. The highest BCUT2D eigenvalue weighted by Crippen LogP contribution is 2.40. The number of halogens is 1. The van der Waals surface area contributed by atoms with Crippen molar-refractivity contribution < 1.29 is 24.1 Å². The fraction of sp³-hybridized carbons (Fsp3) is 0.154. The predicted molar refractivity (Wildman–Crippen MR) is 130 cm³/mol. The Bertz CT molecular complexity index is 1360. The zero-order chi connectivity index (χ0) is 24.2. The number of hydrogen-bond acceptors (Lipinski definition) is 6. The SMILES string of the molecule is COc1cccc(C(=O)N[C@H](c2ccc(OC)c(OC)c2)c2cc(Cl)c3cccnc3c2O)c1. The number of nitrogens with one attached hydrogen (secondary N) is 1. The van der Waals surface area contributed by atoms with Crippen LogP contribution in [0, 0.1) is 0 Å². The van der Waals surface area contributed by atoms with Crippen molar-refractivity contribution in [3.63, 3.8) is 0 Å². The van der Waals surface area contributed by atoms with E-state index in [4.69, 9.17) is 25.8 Å². The molecule has 1 amide bonds. The number of benzene rings is 3. The monoisotopic (exact) mass is 478 g/mol. The van der Waals surface area contributed by atoms with Crippen LogP contribution in [-0.4, -0.2) is 37.3 Å². The van der Waals surface area contributed by atoms with Gasteiger partial charge in [0.1, 0.15) is 17.0 Å². The van der Waals surface area contributed by atoms with Gasteiger partial charge in [0.05, 0.1) is 32.4 Å². The highest BCUT2D eigenvalue weighted by molar-refractivity contribution is 6.35. The summed E-state index contributed by atoms with van der Waals surface area (Å²) in [4.78, 5) is 17.5. The van der Waals surface area contributed by atoms with Crippen LogP contribution in [0.25, 0.3) is 10.9 Å². The van der Waals surface area contributed by atoms with Crippen molar-refractivity contribution in [2.24, 2.45) is 0 Å². The number of ether oxygens (including phenoxy) is 3. The molecular formula is C26H23ClN2O5. The van der Waals surface area contributed by atoms with Crippen LogP contribution in [0.2, 0.25) is 5.02 Å². The van der Waals surface area contributed by atoms with Gasteiger partial charge in [0.15, 0.2) is 11.5 Å². The standard InChI is InChI=1S/C26H23ClN2O5/c1-32-17-7-4-6-16(12-17)26(31)29-23(15-9-10-21(33-2)22(13-15)34-3)19-14-20(27)18-8-5-11-28-24(18)25(19)30/h4-14,23,30H,1-3H3,(H,29,31)/t23-/m1/s1. The Kier molecular flexibility index (Phi) is 6.75. The van der Waals surface area contributed by atoms with E-state index < -0.39 is 6.04 Å². The van der Waals surface area contributed by atoms with Gasteiger partial charge in [-0.25, -0.2) is 0 Å². The molecule has 34 heavy (non-hydrogen) atoms. The fourth-order valence-electron chi connectivity index (χ4n) is 3.78. The number of carbonyl (C=O) groups is 1. The molecule has 0 saturated carbocycles. The van der Waals surface area contributed by atoms with Gasteiger partial charge in [0, 0.05) is 22.7 Å². The van der Waals surface area contributed by atoms with Crippen molar-refractivity contribution in [1.29, 1.82) is 0 Å². The summed E-state index contributed by atoms with van der Waals surface area (Å²) in [5.41, 5.74) is 1.77. The molecule has 0 spiro atoms. The number of aromatic nitrogens is 1. The molecule has 0 aliphatic carbocycles. The first-order valence-electron chi connectivity index (χ1n) is 10.4. The third-order valence-corrected chi connectivity index (χ3v) is 5.82. The summed E-state index contributed by atoms with van der Waals surface area (Å²) in [7, 11) is 4.60. The number of amides is 1. The quantitative estimate of drug-likeness (QED) is 0.382. The molecule has 0 fully saturated rings. The third-order valence-electron chi connectivity index (χ3n) is 5.50. The molecular weight excluding hydrogens is 456 g/mol. The van der Waals surface area contributed by atoms with Gasteiger partial charge < -0.3 is 24.6 Å². The molecule has 1 heterocycles. The smallest absolute Gasteiger partial charge is 0.252 e. The zero-order valence-corrected chi connectivity index (χ0v) is 19.6. The van der Waals surface area contributed by atoms with Gasteiger partial charge in [-0.15, -0.1) is 0 Å². The highest BCUT2D eigenvalue weighted by atomic mass is 35.5. The lowest BCUT2D eigenvalue weighted by Gasteiger charge is -2.23. The maximum Gasteiger partial charge on any atom is 0.252 e. The van der Waals surface area contributed by atoms with Crippen LogP contribution in [0.3, 0.4) is 0 Å². The molecule has 0 bridgehead atoms. The van der Waals surface area contributed by atoms with Crippen LogP contribution in [-0.2, 0) is 0 Å². The minimum absolute atomic E-state index is 0.0780. The Balaban J connectivity index is 1.86. The molecule has 0 radical (unpaired) electrons. The summed E-state index contributed by atoms with van der Waals surface area (Å²) in [6.45, 7) is 0. The van der Waals surface area contributed by atoms with Crippen LogP contribution in [0.15, 0.2) is 66.9 Å². The summed E-state index contributed by atoms with van der Waals surface area (Å²) in [5, 5.41) is 15.2. The molecule has 0 unspecified atom stereocenters. The molecule has 174 valence electrons. The molecule has 1 aromatic heterocycles. The number of aromatic hydroxyl groups is 1. The molecule has 3 aromatic carbocycles. The first kappa shape index (κ1) is 23.2. The molecule has 4 aromatic rings. The minimum Gasteiger partial charge on any atom is -0.505 e. The average Bonchev–Trinajstić information content (AvgIpc) is 2.89. The molecule has 4 rings (SSSR count). The maximum absolute atomic E-state index is 13.3. The van der Waals surface area contributed by atoms with Crippen LogP contribution in [0.5, 0.6) is 23.0 Å². The van der Waals surface area contributed by atoms with E-state index in [0.717, 1.165) is 0 Å². The summed E-state index contributed by atoms with van der Waals surface area (Å²) in [5.74, 6) is 1.12. The van der Waals surface area contributed by atoms with Crippen LogP contribution in [0.4, 0.5) is 0 Å². The van der Waals surface area contributed by atoms with E-state index in [0.29, 0.717) is 49.9 Å². The highest BCUT2D eigenvalue weighted by Gasteiger charge is 2.25. The number of hydrogen-bond donors (Lipinski definition) is 2. The second-order valence-electron chi connectivity index (χ2n) is 7.45. The average molecular weight is 479 g/mol. The third kappa shape index (κ3) is 4.43. The van der Waals surface area contributed by atoms with Gasteiger partial charge in [0.25, 0.3) is 5.91 Å². The van der Waals surface area contributed by atoms with Crippen LogP contribution < -0.4 is 19.5 Å². The number of nitrogens with zero attached hydrogens (tertiary/aromatic N) is 1. The largest absolute Gasteiger partial charge is 0.505 e. The maximum atomic E-state index is 13.3. The Hall–Kier alpha value is -3.97. The lowest BCUT2D eigenvalue weighted by molar-refractivity contribution is 0.0942.